The zero-order chi connectivity index (χ0) is 11.8. The minimum Gasteiger partial charge on any atom is -0.399 e. The van der Waals surface area contributed by atoms with Gasteiger partial charge in [0.15, 0.2) is 0 Å². The van der Waals surface area contributed by atoms with Crippen molar-refractivity contribution >= 4 is 5.69 Å². The lowest BCUT2D eigenvalue weighted by atomic mass is 10.1. The number of rotatable bonds is 7. The monoisotopic (exact) mass is 222 g/mol. The first-order valence-electron chi connectivity index (χ1n) is 5.94. The van der Waals surface area contributed by atoms with E-state index in [4.69, 9.17) is 10.8 Å². The van der Waals surface area contributed by atoms with E-state index in [2.05, 4.69) is 17.9 Å². The van der Waals surface area contributed by atoms with Gasteiger partial charge in [0, 0.05) is 12.2 Å². The van der Waals surface area contributed by atoms with Crippen LogP contribution < -0.4 is 5.73 Å². The molecule has 3 nitrogen and oxygen atoms in total. The number of hydrogen-bond acceptors (Lipinski definition) is 3. The second-order valence-corrected chi connectivity index (χ2v) is 4.01. The van der Waals surface area contributed by atoms with Crippen molar-refractivity contribution in [2.75, 3.05) is 32.0 Å². The molecule has 1 aromatic rings. The van der Waals surface area contributed by atoms with Gasteiger partial charge in [-0.2, -0.15) is 0 Å². The van der Waals surface area contributed by atoms with Crippen molar-refractivity contribution in [3.05, 3.63) is 29.8 Å². The van der Waals surface area contributed by atoms with Crippen LogP contribution in [0.15, 0.2) is 24.3 Å². The van der Waals surface area contributed by atoms with Crippen LogP contribution in [0.5, 0.6) is 0 Å². The Morgan fingerprint density at radius 1 is 1.31 bits per heavy atom. The maximum Gasteiger partial charge on any atom is 0.0558 e. The number of aliphatic hydroxyl groups is 1. The predicted molar refractivity (Wildman–Crippen MR) is 68.4 cm³/mol. The van der Waals surface area contributed by atoms with Crippen LogP contribution >= 0.6 is 0 Å². The summed E-state index contributed by atoms with van der Waals surface area (Å²) in [6.45, 7) is 5.17. The second-order valence-electron chi connectivity index (χ2n) is 4.01. The molecular weight excluding hydrogens is 200 g/mol. The number of nitrogen functional groups attached to an aromatic ring is 1. The lowest BCUT2D eigenvalue weighted by Crippen LogP contribution is -2.27. The average Bonchev–Trinajstić information content (AvgIpc) is 2.28. The fourth-order valence-corrected chi connectivity index (χ4v) is 1.82. The van der Waals surface area contributed by atoms with Crippen molar-refractivity contribution in [1.29, 1.82) is 0 Å². The number of benzene rings is 1. The van der Waals surface area contributed by atoms with E-state index in [9.17, 15) is 0 Å². The van der Waals surface area contributed by atoms with Gasteiger partial charge in [-0.05, 0) is 43.6 Å². The van der Waals surface area contributed by atoms with E-state index in [1.165, 1.54) is 5.56 Å². The molecule has 0 aliphatic heterocycles. The molecule has 1 rings (SSSR count). The highest BCUT2D eigenvalue weighted by atomic mass is 16.3. The quantitative estimate of drug-likeness (QED) is 0.688. The molecule has 0 saturated heterocycles. The number of nitrogens with zero attached hydrogens (tertiary/aromatic N) is 1. The molecular formula is C13H22N2O. The number of nitrogens with two attached hydrogens (primary N) is 1. The van der Waals surface area contributed by atoms with E-state index in [0.29, 0.717) is 0 Å². The highest BCUT2D eigenvalue weighted by Gasteiger charge is 2.01. The van der Waals surface area contributed by atoms with Gasteiger partial charge < -0.3 is 15.7 Å². The van der Waals surface area contributed by atoms with E-state index in [-0.39, 0.29) is 6.61 Å². The minimum atomic E-state index is 0.242. The van der Waals surface area contributed by atoms with Crippen LogP contribution in [0, 0.1) is 0 Å². The molecule has 0 unspecified atom stereocenters. The Balaban J connectivity index is 2.29. The summed E-state index contributed by atoms with van der Waals surface area (Å²) < 4.78 is 0. The minimum absolute atomic E-state index is 0.242. The Bertz CT molecular complexity index is 302. The van der Waals surface area contributed by atoms with Crippen LogP contribution in [0.2, 0.25) is 0 Å². The van der Waals surface area contributed by atoms with Crippen LogP contribution in [0.25, 0.3) is 0 Å². The Hall–Kier alpha value is -1.06. The molecule has 0 aliphatic rings. The zero-order valence-electron chi connectivity index (χ0n) is 10.0. The molecule has 0 aromatic heterocycles. The smallest absolute Gasteiger partial charge is 0.0558 e. The van der Waals surface area contributed by atoms with E-state index in [0.717, 1.165) is 38.2 Å². The summed E-state index contributed by atoms with van der Waals surface area (Å²) in [5, 5.41) is 8.86. The van der Waals surface area contributed by atoms with Gasteiger partial charge in [0.1, 0.15) is 0 Å². The third-order valence-electron chi connectivity index (χ3n) is 2.75. The topological polar surface area (TPSA) is 49.5 Å². The Kier molecular flexibility index (Phi) is 5.90. The van der Waals surface area contributed by atoms with Crippen molar-refractivity contribution < 1.29 is 5.11 Å². The van der Waals surface area contributed by atoms with Gasteiger partial charge in [-0.25, -0.2) is 0 Å². The molecule has 3 N–H and O–H groups in total. The van der Waals surface area contributed by atoms with Gasteiger partial charge in [-0.1, -0.05) is 19.1 Å². The first kappa shape index (κ1) is 13.0. The Morgan fingerprint density at radius 3 is 2.75 bits per heavy atom. The summed E-state index contributed by atoms with van der Waals surface area (Å²) in [7, 11) is 0. The van der Waals surface area contributed by atoms with Crippen LogP contribution in [0.3, 0.4) is 0 Å². The number of aryl methyl sites for hydroxylation is 1. The van der Waals surface area contributed by atoms with Gasteiger partial charge in [-0.3, -0.25) is 0 Å². The molecule has 1 aromatic carbocycles. The fourth-order valence-electron chi connectivity index (χ4n) is 1.82. The van der Waals surface area contributed by atoms with Gasteiger partial charge in [0.25, 0.3) is 0 Å². The number of aliphatic hydroxyl groups excluding tert-OH is 1. The van der Waals surface area contributed by atoms with E-state index < -0.39 is 0 Å². The highest BCUT2D eigenvalue weighted by molar-refractivity contribution is 5.40. The predicted octanol–water partition coefficient (Wildman–Crippen LogP) is 1.52. The Morgan fingerprint density at radius 2 is 2.12 bits per heavy atom. The van der Waals surface area contributed by atoms with Gasteiger partial charge in [0.05, 0.1) is 6.61 Å². The first-order chi connectivity index (χ1) is 7.76. The molecule has 0 heterocycles. The molecule has 0 bridgehead atoms. The van der Waals surface area contributed by atoms with Crippen LogP contribution in [0.4, 0.5) is 5.69 Å². The normalized spacial score (nSPS) is 10.9. The van der Waals surface area contributed by atoms with Crippen LogP contribution in [0.1, 0.15) is 18.9 Å². The van der Waals surface area contributed by atoms with Crippen molar-refractivity contribution in [1.82, 2.24) is 4.90 Å². The van der Waals surface area contributed by atoms with Crippen molar-refractivity contribution in [3.63, 3.8) is 0 Å². The lowest BCUT2D eigenvalue weighted by molar-refractivity contribution is 0.200. The fraction of sp³-hybridized carbons (Fsp3) is 0.538. The second kappa shape index (κ2) is 7.25. The lowest BCUT2D eigenvalue weighted by Gasteiger charge is -2.18. The maximum atomic E-state index is 8.86. The summed E-state index contributed by atoms with van der Waals surface area (Å²) in [6.07, 6.45) is 2.16. The first-order valence-corrected chi connectivity index (χ1v) is 5.94. The summed E-state index contributed by atoms with van der Waals surface area (Å²) in [4.78, 5) is 2.26. The summed E-state index contributed by atoms with van der Waals surface area (Å²) in [5.74, 6) is 0. The highest BCUT2D eigenvalue weighted by Crippen LogP contribution is 2.09. The van der Waals surface area contributed by atoms with Gasteiger partial charge in [0.2, 0.25) is 0 Å². The summed E-state index contributed by atoms with van der Waals surface area (Å²) in [5.41, 5.74) is 7.85. The molecule has 90 valence electrons. The third kappa shape index (κ3) is 4.64. The molecule has 0 spiro atoms. The Labute approximate surface area is 97.9 Å². The van der Waals surface area contributed by atoms with Crippen molar-refractivity contribution in [2.45, 2.75) is 19.8 Å². The zero-order valence-corrected chi connectivity index (χ0v) is 10.0. The molecule has 16 heavy (non-hydrogen) atoms. The molecule has 0 amide bonds. The number of anilines is 1. The summed E-state index contributed by atoms with van der Waals surface area (Å²) in [6, 6.07) is 8.05. The number of likely N-dealkylation sites (N-methyl/N-ethyl adjacent to an activating group) is 1. The van der Waals surface area contributed by atoms with Crippen LogP contribution in [-0.4, -0.2) is 36.2 Å². The molecule has 0 fully saturated rings. The summed E-state index contributed by atoms with van der Waals surface area (Å²) >= 11 is 0. The SMILES string of the molecule is CCN(CCO)CCCc1cccc(N)c1. The van der Waals surface area contributed by atoms with E-state index in [1.54, 1.807) is 0 Å². The standard InChI is InChI=1S/C13H22N2O/c1-2-15(9-10-16)8-4-6-12-5-3-7-13(14)11-12/h3,5,7,11,16H,2,4,6,8-10,14H2,1H3. The van der Waals surface area contributed by atoms with Crippen LogP contribution in [-0.2, 0) is 6.42 Å². The van der Waals surface area contributed by atoms with Gasteiger partial charge in [-0.15, -0.1) is 0 Å². The van der Waals surface area contributed by atoms with Gasteiger partial charge >= 0.3 is 0 Å². The molecule has 0 atom stereocenters. The number of hydrogen-bond donors (Lipinski definition) is 2. The molecule has 0 aliphatic carbocycles. The molecule has 0 radical (unpaired) electrons. The van der Waals surface area contributed by atoms with Crippen molar-refractivity contribution in [2.24, 2.45) is 0 Å². The third-order valence-corrected chi connectivity index (χ3v) is 2.75. The molecule has 0 saturated carbocycles. The van der Waals surface area contributed by atoms with Crippen molar-refractivity contribution in [3.8, 4) is 0 Å². The van der Waals surface area contributed by atoms with E-state index >= 15 is 0 Å². The average molecular weight is 222 g/mol. The molecule has 3 heteroatoms. The maximum absolute atomic E-state index is 8.86. The van der Waals surface area contributed by atoms with E-state index in [1.807, 2.05) is 18.2 Å². The largest absolute Gasteiger partial charge is 0.399 e.